The molecule has 1 amide bonds. The summed E-state index contributed by atoms with van der Waals surface area (Å²) in [6.07, 6.45) is 0. The van der Waals surface area contributed by atoms with E-state index in [1.165, 1.54) is 23.5 Å². The van der Waals surface area contributed by atoms with E-state index < -0.39 is 11.7 Å². The molecule has 0 unspecified atom stereocenters. The second-order valence-electron chi connectivity index (χ2n) is 6.83. The molecule has 3 rings (SSSR count). The van der Waals surface area contributed by atoms with Gasteiger partial charge >= 0.3 is 0 Å². The SMILES string of the molecule is COCCn1c(C)cc(C(=O)C(=O)Nc2nnc(CSCc3ccc(F)cc3)s2)c1C. The molecule has 0 fully saturated rings. The number of carbonyl (C=O) groups excluding carboxylic acids is 2. The fourth-order valence-electron chi connectivity index (χ4n) is 3.03. The summed E-state index contributed by atoms with van der Waals surface area (Å²) in [7, 11) is 1.62. The number of aromatic nitrogens is 3. The van der Waals surface area contributed by atoms with Crippen LogP contribution in [0.25, 0.3) is 0 Å². The summed E-state index contributed by atoms with van der Waals surface area (Å²) < 4.78 is 20.0. The number of Topliss-reactive ketones (excluding diaryl/α,β-unsaturated/α-hetero) is 1. The first kappa shape index (κ1) is 23.1. The molecule has 0 radical (unpaired) electrons. The van der Waals surface area contributed by atoms with Crippen LogP contribution in [-0.4, -0.2) is 40.2 Å². The number of nitrogens with one attached hydrogen (secondary N) is 1. The maximum absolute atomic E-state index is 13.0. The summed E-state index contributed by atoms with van der Waals surface area (Å²) in [5.41, 5.74) is 3.00. The second kappa shape index (κ2) is 10.7. The number of ketones is 1. The van der Waals surface area contributed by atoms with E-state index in [4.69, 9.17) is 4.74 Å². The number of rotatable bonds is 10. The molecule has 2 heterocycles. The van der Waals surface area contributed by atoms with Crippen molar-refractivity contribution in [2.24, 2.45) is 0 Å². The molecule has 3 aromatic rings. The number of thioether (sulfide) groups is 1. The molecular formula is C21H23FN4O3S2. The van der Waals surface area contributed by atoms with Gasteiger partial charge in [0.1, 0.15) is 10.8 Å². The smallest absolute Gasteiger partial charge is 0.298 e. The van der Waals surface area contributed by atoms with Crippen molar-refractivity contribution in [3.8, 4) is 0 Å². The maximum atomic E-state index is 13.0. The summed E-state index contributed by atoms with van der Waals surface area (Å²) in [5.74, 6) is -0.310. The minimum atomic E-state index is -0.742. The van der Waals surface area contributed by atoms with Gasteiger partial charge in [-0.25, -0.2) is 4.39 Å². The third-order valence-electron chi connectivity index (χ3n) is 4.64. The van der Waals surface area contributed by atoms with Crippen molar-refractivity contribution in [3.63, 3.8) is 0 Å². The van der Waals surface area contributed by atoms with Gasteiger partial charge in [-0.3, -0.25) is 14.9 Å². The van der Waals surface area contributed by atoms with Gasteiger partial charge in [-0.1, -0.05) is 23.5 Å². The lowest BCUT2D eigenvalue weighted by Gasteiger charge is -2.08. The Morgan fingerprint density at radius 1 is 1.19 bits per heavy atom. The molecule has 0 aliphatic heterocycles. The number of hydrogen-bond acceptors (Lipinski definition) is 7. The monoisotopic (exact) mass is 462 g/mol. The van der Waals surface area contributed by atoms with Crippen LogP contribution < -0.4 is 5.32 Å². The van der Waals surface area contributed by atoms with Crippen molar-refractivity contribution in [3.05, 3.63) is 63.7 Å². The fourth-order valence-corrected chi connectivity index (χ4v) is 4.81. The molecule has 0 aliphatic carbocycles. The Balaban J connectivity index is 1.55. The van der Waals surface area contributed by atoms with Crippen molar-refractivity contribution < 1.29 is 18.7 Å². The van der Waals surface area contributed by atoms with Crippen molar-refractivity contribution in [2.45, 2.75) is 31.9 Å². The predicted octanol–water partition coefficient (Wildman–Crippen LogP) is 4.00. The molecule has 31 heavy (non-hydrogen) atoms. The highest BCUT2D eigenvalue weighted by Crippen LogP contribution is 2.23. The first-order valence-corrected chi connectivity index (χ1v) is 11.5. The molecule has 1 N–H and O–H groups in total. The number of anilines is 1. The Kier molecular flexibility index (Phi) is 7.94. The van der Waals surface area contributed by atoms with Crippen LogP contribution in [0.15, 0.2) is 30.3 Å². The van der Waals surface area contributed by atoms with Gasteiger partial charge in [-0.15, -0.1) is 22.0 Å². The number of benzene rings is 1. The Morgan fingerprint density at radius 3 is 2.65 bits per heavy atom. The highest BCUT2D eigenvalue weighted by Gasteiger charge is 2.23. The van der Waals surface area contributed by atoms with Crippen LogP contribution in [0.2, 0.25) is 0 Å². The average molecular weight is 463 g/mol. The quantitative estimate of drug-likeness (QED) is 0.362. The Morgan fingerprint density at radius 2 is 1.94 bits per heavy atom. The van der Waals surface area contributed by atoms with Crippen LogP contribution in [0.3, 0.4) is 0 Å². The largest absolute Gasteiger partial charge is 0.383 e. The summed E-state index contributed by atoms with van der Waals surface area (Å²) in [5, 5.41) is 11.6. The van der Waals surface area contributed by atoms with Gasteiger partial charge in [0, 0.05) is 42.1 Å². The van der Waals surface area contributed by atoms with Crippen LogP contribution in [0.1, 0.15) is 32.3 Å². The lowest BCUT2D eigenvalue weighted by atomic mass is 10.1. The van der Waals surface area contributed by atoms with E-state index in [9.17, 15) is 14.0 Å². The Labute approximate surface area is 188 Å². The molecule has 1 aromatic carbocycles. The van der Waals surface area contributed by atoms with Crippen molar-refractivity contribution in [1.82, 2.24) is 14.8 Å². The summed E-state index contributed by atoms with van der Waals surface area (Å²) >= 11 is 2.83. The zero-order valence-electron chi connectivity index (χ0n) is 17.5. The zero-order chi connectivity index (χ0) is 22.4. The molecule has 0 spiro atoms. The standard InChI is InChI=1S/C21H23FN4O3S2/c1-13-10-17(14(2)26(13)8-9-29-3)19(27)20(28)23-21-25-24-18(31-21)12-30-11-15-4-6-16(22)7-5-15/h4-7,10H,8-9,11-12H2,1-3H3,(H,23,25,28). The topological polar surface area (TPSA) is 86.1 Å². The maximum Gasteiger partial charge on any atom is 0.298 e. The summed E-state index contributed by atoms with van der Waals surface area (Å²) in [6, 6.07) is 8.06. The molecule has 0 aliphatic rings. The number of amides is 1. The van der Waals surface area contributed by atoms with Crippen molar-refractivity contribution in [1.29, 1.82) is 0 Å². The lowest BCUT2D eigenvalue weighted by molar-refractivity contribution is -0.112. The summed E-state index contributed by atoms with van der Waals surface area (Å²) in [6.45, 7) is 4.82. The van der Waals surface area contributed by atoms with Crippen LogP contribution in [0.4, 0.5) is 9.52 Å². The fraction of sp³-hybridized carbons (Fsp3) is 0.333. The zero-order valence-corrected chi connectivity index (χ0v) is 19.1. The minimum absolute atomic E-state index is 0.260. The average Bonchev–Trinajstić information content (AvgIpc) is 3.31. The number of ether oxygens (including phenoxy) is 1. The van der Waals surface area contributed by atoms with Gasteiger partial charge in [-0.05, 0) is 37.6 Å². The molecule has 0 atom stereocenters. The molecule has 0 saturated carbocycles. The van der Waals surface area contributed by atoms with Gasteiger partial charge < -0.3 is 9.30 Å². The van der Waals surface area contributed by atoms with Gasteiger partial charge in [-0.2, -0.15) is 0 Å². The van der Waals surface area contributed by atoms with E-state index in [-0.39, 0.29) is 10.9 Å². The van der Waals surface area contributed by atoms with Gasteiger partial charge in [0.25, 0.3) is 11.7 Å². The van der Waals surface area contributed by atoms with E-state index in [1.54, 1.807) is 37.1 Å². The summed E-state index contributed by atoms with van der Waals surface area (Å²) in [4.78, 5) is 25.1. The molecule has 0 saturated heterocycles. The molecule has 0 bridgehead atoms. The van der Waals surface area contributed by atoms with Crippen LogP contribution in [0.5, 0.6) is 0 Å². The molecule has 2 aromatic heterocycles. The lowest BCUT2D eigenvalue weighted by Crippen LogP contribution is -2.23. The molecule has 164 valence electrons. The van der Waals surface area contributed by atoms with E-state index >= 15 is 0 Å². The van der Waals surface area contributed by atoms with Crippen LogP contribution >= 0.6 is 23.1 Å². The van der Waals surface area contributed by atoms with Crippen LogP contribution in [-0.2, 0) is 27.6 Å². The normalized spacial score (nSPS) is 11.0. The first-order chi connectivity index (χ1) is 14.9. The first-order valence-electron chi connectivity index (χ1n) is 9.55. The number of carbonyl (C=O) groups is 2. The predicted molar refractivity (Wildman–Crippen MR) is 120 cm³/mol. The highest BCUT2D eigenvalue weighted by atomic mass is 32.2. The van der Waals surface area contributed by atoms with E-state index in [2.05, 4.69) is 15.5 Å². The molecular weight excluding hydrogens is 439 g/mol. The third kappa shape index (κ3) is 5.99. The van der Waals surface area contributed by atoms with Gasteiger partial charge in [0.15, 0.2) is 0 Å². The number of methoxy groups -OCH3 is 1. The number of nitrogens with zero attached hydrogens (tertiary/aromatic N) is 3. The Bertz CT molecular complexity index is 1060. The second-order valence-corrected chi connectivity index (χ2v) is 8.88. The van der Waals surface area contributed by atoms with E-state index in [0.717, 1.165) is 22.0 Å². The molecule has 10 heteroatoms. The highest BCUT2D eigenvalue weighted by molar-refractivity contribution is 7.97. The van der Waals surface area contributed by atoms with E-state index in [0.29, 0.717) is 30.2 Å². The Hall–Kier alpha value is -2.56. The van der Waals surface area contributed by atoms with Gasteiger partial charge in [0.05, 0.1) is 6.61 Å². The van der Waals surface area contributed by atoms with Crippen molar-refractivity contribution in [2.75, 3.05) is 19.0 Å². The number of hydrogen-bond donors (Lipinski definition) is 1. The minimum Gasteiger partial charge on any atom is -0.383 e. The van der Waals surface area contributed by atoms with E-state index in [1.807, 2.05) is 18.4 Å². The van der Waals surface area contributed by atoms with Crippen LogP contribution in [0, 0.1) is 19.7 Å². The number of halogens is 1. The van der Waals surface area contributed by atoms with Gasteiger partial charge in [0.2, 0.25) is 5.13 Å². The molecule has 7 nitrogen and oxygen atoms in total. The third-order valence-corrected chi connectivity index (χ3v) is 6.67. The number of aryl methyl sites for hydroxylation is 1. The van der Waals surface area contributed by atoms with Crippen molar-refractivity contribution >= 4 is 39.9 Å².